The zero-order valence-corrected chi connectivity index (χ0v) is 15.7. The van der Waals surface area contributed by atoms with Crippen molar-refractivity contribution in [2.45, 2.75) is 18.9 Å². The predicted molar refractivity (Wildman–Crippen MR) is 105 cm³/mol. The number of fused-ring (bicyclic) bond motifs is 1. The monoisotopic (exact) mass is 368 g/mol. The molecule has 0 spiro atoms. The number of methoxy groups -OCH3 is 1. The molecule has 1 heterocycles. The van der Waals surface area contributed by atoms with Gasteiger partial charge in [0.05, 0.1) is 7.11 Å². The van der Waals surface area contributed by atoms with Crippen LogP contribution in [0.1, 0.15) is 24.4 Å². The Morgan fingerprint density at radius 2 is 1.67 bits per heavy atom. The summed E-state index contributed by atoms with van der Waals surface area (Å²) in [6.45, 7) is 4.58. The van der Waals surface area contributed by atoms with E-state index in [2.05, 4.69) is 46.6 Å². The maximum Gasteiger partial charge on any atom is 0.119 e. The first-order valence-electron chi connectivity index (χ1n) is 8.37. The highest BCUT2D eigenvalue weighted by Gasteiger charge is 2.36. The number of piperazine rings is 1. The third-order valence-electron chi connectivity index (χ3n) is 5.03. The van der Waals surface area contributed by atoms with Gasteiger partial charge in [-0.15, -0.1) is 24.8 Å². The lowest BCUT2D eigenvalue weighted by Gasteiger charge is -2.35. The molecule has 132 valence electrons. The fourth-order valence-electron chi connectivity index (χ4n) is 3.71. The average molecular weight is 369 g/mol. The first kappa shape index (κ1) is 19.3. The Morgan fingerprint density at radius 3 is 2.33 bits per heavy atom. The first-order chi connectivity index (χ1) is 10.8. The molecule has 5 heteroatoms. The number of ether oxygens (including phenoxy) is 1. The van der Waals surface area contributed by atoms with E-state index in [0.717, 1.165) is 24.8 Å². The van der Waals surface area contributed by atoms with E-state index in [-0.39, 0.29) is 24.8 Å². The summed E-state index contributed by atoms with van der Waals surface area (Å²) in [6, 6.07) is 13.9. The average Bonchev–Trinajstić information content (AvgIpc) is 3.40. The molecule has 0 aromatic heterocycles. The van der Waals surface area contributed by atoms with Crippen molar-refractivity contribution < 1.29 is 4.74 Å². The molecule has 2 fully saturated rings. The molecule has 2 aliphatic rings. The molecule has 0 unspecified atom stereocenters. The maximum absolute atomic E-state index is 5.33. The number of rotatable bonds is 4. The van der Waals surface area contributed by atoms with E-state index in [4.69, 9.17) is 4.74 Å². The minimum atomic E-state index is 0. The summed E-state index contributed by atoms with van der Waals surface area (Å²) in [6.07, 6.45) is 2.77. The van der Waals surface area contributed by atoms with Gasteiger partial charge >= 0.3 is 0 Å². The quantitative estimate of drug-likeness (QED) is 0.880. The molecular weight excluding hydrogens is 343 g/mol. The minimum absolute atomic E-state index is 0. The van der Waals surface area contributed by atoms with Crippen molar-refractivity contribution >= 4 is 35.6 Å². The Hall–Kier alpha value is -1.000. The highest BCUT2D eigenvalue weighted by atomic mass is 35.5. The van der Waals surface area contributed by atoms with Gasteiger partial charge in [0.2, 0.25) is 0 Å². The number of nitrogens with zero attached hydrogens (tertiary/aromatic N) is 1. The van der Waals surface area contributed by atoms with Crippen LogP contribution in [0.25, 0.3) is 10.8 Å². The lowest BCUT2D eigenvalue weighted by molar-refractivity contribution is 0.156. The molecule has 0 radical (unpaired) electrons. The van der Waals surface area contributed by atoms with Crippen molar-refractivity contribution in [3.8, 4) is 5.75 Å². The van der Waals surface area contributed by atoms with Gasteiger partial charge in [0.15, 0.2) is 0 Å². The molecule has 1 atom stereocenters. The summed E-state index contributed by atoms with van der Waals surface area (Å²) in [7, 11) is 1.73. The second kappa shape index (κ2) is 8.39. The van der Waals surface area contributed by atoms with E-state index in [1.165, 1.54) is 42.3 Å². The van der Waals surface area contributed by atoms with Crippen molar-refractivity contribution in [1.82, 2.24) is 10.2 Å². The van der Waals surface area contributed by atoms with Crippen molar-refractivity contribution in [2.75, 3.05) is 33.3 Å². The largest absolute Gasteiger partial charge is 0.497 e. The van der Waals surface area contributed by atoms with Gasteiger partial charge in [0, 0.05) is 32.2 Å². The van der Waals surface area contributed by atoms with Gasteiger partial charge in [-0.1, -0.05) is 18.2 Å². The highest BCUT2D eigenvalue weighted by Crippen LogP contribution is 2.45. The van der Waals surface area contributed by atoms with E-state index >= 15 is 0 Å². The fraction of sp³-hybridized carbons (Fsp3) is 0.474. The van der Waals surface area contributed by atoms with Crippen molar-refractivity contribution in [2.24, 2.45) is 5.92 Å². The van der Waals surface area contributed by atoms with Gasteiger partial charge in [-0.2, -0.15) is 0 Å². The topological polar surface area (TPSA) is 24.5 Å². The summed E-state index contributed by atoms with van der Waals surface area (Å²) in [5.41, 5.74) is 1.49. The zero-order chi connectivity index (χ0) is 14.9. The molecule has 4 rings (SSSR count). The minimum Gasteiger partial charge on any atom is -0.497 e. The molecule has 1 saturated carbocycles. The number of hydrogen-bond donors (Lipinski definition) is 1. The standard InChI is InChI=1S/C19H24N2O.2ClH/c1-22-18-7-6-15-12-17(5-4-16(15)13-18)19(14-2-3-14)21-10-8-20-9-11-21;;/h4-7,12-14,19-20H,2-3,8-11H2,1H3;2*1H/t19-;;/m1../s1. The summed E-state index contributed by atoms with van der Waals surface area (Å²) in [5.74, 6) is 1.79. The molecule has 2 aromatic carbocycles. The van der Waals surface area contributed by atoms with Crippen molar-refractivity contribution in [3.63, 3.8) is 0 Å². The molecule has 0 bridgehead atoms. The van der Waals surface area contributed by atoms with Crippen LogP contribution in [-0.4, -0.2) is 38.2 Å². The van der Waals surface area contributed by atoms with Crippen LogP contribution in [0.4, 0.5) is 0 Å². The van der Waals surface area contributed by atoms with Gasteiger partial charge in [-0.3, -0.25) is 4.90 Å². The van der Waals surface area contributed by atoms with Crippen LogP contribution in [0, 0.1) is 5.92 Å². The Balaban J connectivity index is 0.00000104. The summed E-state index contributed by atoms with van der Waals surface area (Å²) in [4.78, 5) is 2.68. The number of nitrogens with one attached hydrogen (secondary N) is 1. The van der Waals surface area contributed by atoms with E-state index in [9.17, 15) is 0 Å². The summed E-state index contributed by atoms with van der Waals surface area (Å²) >= 11 is 0. The summed E-state index contributed by atoms with van der Waals surface area (Å²) in [5, 5.41) is 6.05. The van der Waals surface area contributed by atoms with Crippen LogP contribution in [0.2, 0.25) is 0 Å². The zero-order valence-electron chi connectivity index (χ0n) is 14.0. The maximum atomic E-state index is 5.33. The van der Waals surface area contributed by atoms with Crippen LogP contribution < -0.4 is 10.1 Å². The van der Waals surface area contributed by atoms with Gasteiger partial charge in [0.25, 0.3) is 0 Å². The lowest BCUT2D eigenvalue weighted by Crippen LogP contribution is -2.45. The second-order valence-electron chi connectivity index (χ2n) is 6.54. The van der Waals surface area contributed by atoms with Crippen LogP contribution in [0.3, 0.4) is 0 Å². The fourth-order valence-corrected chi connectivity index (χ4v) is 3.71. The van der Waals surface area contributed by atoms with Gasteiger partial charge in [-0.25, -0.2) is 0 Å². The number of hydrogen-bond acceptors (Lipinski definition) is 3. The van der Waals surface area contributed by atoms with Crippen molar-refractivity contribution in [3.05, 3.63) is 42.0 Å². The molecular formula is C19H26Cl2N2O. The van der Waals surface area contributed by atoms with Gasteiger partial charge < -0.3 is 10.1 Å². The van der Waals surface area contributed by atoms with Crippen LogP contribution in [-0.2, 0) is 0 Å². The normalized spacial score (nSPS) is 19.2. The molecule has 1 N–H and O–H groups in total. The van der Waals surface area contributed by atoms with Crippen LogP contribution in [0.5, 0.6) is 5.75 Å². The smallest absolute Gasteiger partial charge is 0.119 e. The third-order valence-corrected chi connectivity index (χ3v) is 5.03. The Labute approximate surface area is 156 Å². The predicted octanol–water partition coefficient (Wildman–Crippen LogP) is 4.05. The second-order valence-corrected chi connectivity index (χ2v) is 6.54. The molecule has 0 amide bonds. The molecule has 1 aliphatic heterocycles. The highest BCUT2D eigenvalue weighted by molar-refractivity contribution is 5.86. The molecule has 2 aromatic rings. The Morgan fingerprint density at radius 1 is 1.00 bits per heavy atom. The van der Waals surface area contributed by atoms with Gasteiger partial charge in [-0.05, 0) is 53.3 Å². The van der Waals surface area contributed by atoms with E-state index < -0.39 is 0 Å². The molecule has 1 saturated heterocycles. The lowest BCUT2D eigenvalue weighted by atomic mass is 9.96. The number of halogens is 2. The first-order valence-corrected chi connectivity index (χ1v) is 8.37. The molecule has 3 nitrogen and oxygen atoms in total. The summed E-state index contributed by atoms with van der Waals surface area (Å²) < 4.78 is 5.33. The van der Waals surface area contributed by atoms with E-state index in [1.54, 1.807) is 7.11 Å². The Bertz CT molecular complexity index is 669. The molecule has 24 heavy (non-hydrogen) atoms. The van der Waals surface area contributed by atoms with Gasteiger partial charge in [0.1, 0.15) is 5.75 Å². The Kier molecular flexibility index (Phi) is 6.76. The number of benzene rings is 2. The van der Waals surface area contributed by atoms with E-state index in [1.807, 2.05) is 0 Å². The third kappa shape index (κ3) is 3.97. The van der Waals surface area contributed by atoms with Crippen LogP contribution in [0.15, 0.2) is 36.4 Å². The molecule has 1 aliphatic carbocycles. The SMILES string of the molecule is COc1ccc2cc([C@@H](C3CC3)N3CCNCC3)ccc2c1.Cl.Cl. The van der Waals surface area contributed by atoms with Crippen molar-refractivity contribution in [1.29, 1.82) is 0 Å². The van der Waals surface area contributed by atoms with E-state index in [0.29, 0.717) is 6.04 Å². The van der Waals surface area contributed by atoms with Crippen LogP contribution >= 0.6 is 24.8 Å².